The van der Waals surface area contributed by atoms with Crippen LogP contribution < -0.4 is 9.47 Å². The van der Waals surface area contributed by atoms with Gasteiger partial charge in [0.15, 0.2) is 0 Å². The van der Waals surface area contributed by atoms with Crippen LogP contribution in [0.2, 0.25) is 5.02 Å². The molecule has 1 heterocycles. The summed E-state index contributed by atoms with van der Waals surface area (Å²) in [6.45, 7) is 0.352. The molecule has 0 fully saturated rings. The highest BCUT2D eigenvalue weighted by Gasteiger charge is 2.14. The molecule has 1 aromatic heterocycles. The van der Waals surface area contributed by atoms with Crippen LogP contribution in [-0.4, -0.2) is 28.0 Å². The van der Waals surface area contributed by atoms with Gasteiger partial charge in [0.1, 0.15) is 11.5 Å². The van der Waals surface area contributed by atoms with Crippen molar-refractivity contribution >= 4 is 28.7 Å². The molecular formula is C17H14ClNO5. The fourth-order valence-electron chi connectivity index (χ4n) is 2.56. The molecule has 0 saturated carbocycles. The topological polar surface area (TPSA) is 80.9 Å². The van der Waals surface area contributed by atoms with Gasteiger partial charge >= 0.3 is 6.16 Å². The highest BCUT2D eigenvalue weighted by Crippen LogP contribution is 2.31. The minimum absolute atomic E-state index is 0.0923. The number of carbonyl (C=O) groups is 1. The Morgan fingerprint density at radius 3 is 2.71 bits per heavy atom. The third-order valence-electron chi connectivity index (χ3n) is 3.60. The number of carboxylic acid groups (broad SMARTS) is 1. The van der Waals surface area contributed by atoms with Crippen LogP contribution in [0.4, 0.5) is 4.79 Å². The number of aromatic hydroxyl groups is 1. The standard InChI is InChI=1S/C17H14ClNO5/c1-23-15-6-10(2-4-13(15)18)9-19-14-5-3-12(20)7-11(14)8-16(19)24-17(21)22/h2-8,20H,9H2,1H3,(H,21,22). The zero-order valence-electron chi connectivity index (χ0n) is 12.7. The van der Waals surface area contributed by atoms with Gasteiger partial charge in [-0.05, 0) is 35.9 Å². The highest BCUT2D eigenvalue weighted by atomic mass is 35.5. The average Bonchev–Trinajstić information content (AvgIpc) is 2.85. The third-order valence-corrected chi connectivity index (χ3v) is 3.91. The van der Waals surface area contributed by atoms with Crippen LogP contribution in [0.3, 0.4) is 0 Å². The summed E-state index contributed by atoms with van der Waals surface area (Å²) in [5.74, 6) is 0.788. The number of halogens is 1. The molecule has 6 nitrogen and oxygen atoms in total. The van der Waals surface area contributed by atoms with Gasteiger partial charge in [-0.2, -0.15) is 0 Å². The Bertz CT molecular complexity index is 919. The monoisotopic (exact) mass is 347 g/mol. The molecular weight excluding hydrogens is 334 g/mol. The van der Waals surface area contributed by atoms with Crippen molar-refractivity contribution in [2.45, 2.75) is 6.54 Å². The van der Waals surface area contributed by atoms with Crippen molar-refractivity contribution in [1.82, 2.24) is 4.57 Å². The van der Waals surface area contributed by atoms with Crippen LogP contribution in [0.25, 0.3) is 10.9 Å². The number of methoxy groups -OCH3 is 1. The molecule has 0 spiro atoms. The second kappa shape index (κ2) is 6.33. The van der Waals surface area contributed by atoms with Crippen molar-refractivity contribution in [3.8, 4) is 17.4 Å². The van der Waals surface area contributed by atoms with E-state index in [1.54, 1.807) is 34.9 Å². The van der Waals surface area contributed by atoms with E-state index in [1.165, 1.54) is 13.2 Å². The summed E-state index contributed by atoms with van der Waals surface area (Å²) in [7, 11) is 1.53. The lowest BCUT2D eigenvalue weighted by Gasteiger charge is -2.11. The maximum absolute atomic E-state index is 10.9. The van der Waals surface area contributed by atoms with Crippen molar-refractivity contribution < 1.29 is 24.5 Å². The van der Waals surface area contributed by atoms with Crippen molar-refractivity contribution in [3.05, 3.63) is 53.1 Å². The van der Waals surface area contributed by atoms with Gasteiger partial charge in [0.25, 0.3) is 0 Å². The summed E-state index contributed by atoms with van der Waals surface area (Å²) in [4.78, 5) is 10.9. The SMILES string of the molecule is COc1cc(Cn2c(OC(=O)O)cc3cc(O)ccc32)ccc1Cl. The van der Waals surface area contributed by atoms with E-state index in [2.05, 4.69) is 0 Å². The lowest BCUT2D eigenvalue weighted by Crippen LogP contribution is -2.09. The van der Waals surface area contributed by atoms with E-state index >= 15 is 0 Å². The lowest BCUT2D eigenvalue weighted by molar-refractivity contribution is 0.141. The van der Waals surface area contributed by atoms with E-state index in [9.17, 15) is 9.90 Å². The first-order valence-electron chi connectivity index (χ1n) is 7.03. The van der Waals surface area contributed by atoms with E-state index in [0.717, 1.165) is 11.1 Å². The second-order valence-corrected chi connectivity index (χ2v) is 5.56. The molecule has 0 radical (unpaired) electrons. The first kappa shape index (κ1) is 16.0. The summed E-state index contributed by atoms with van der Waals surface area (Å²) in [6.07, 6.45) is -1.41. The lowest BCUT2D eigenvalue weighted by atomic mass is 10.2. The number of hydrogen-bond donors (Lipinski definition) is 2. The smallest absolute Gasteiger partial charge is 0.508 e. The second-order valence-electron chi connectivity index (χ2n) is 5.15. The molecule has 0 saturated heterocycles. The molecule has 124 valence electrons. The predicted molar refractivity (Wildman–Crippen MR) is 89.4 cm³/mol. The van der Waals surface area contributed by atoms with Gasteiger partial charge in [-0.1, -0.05) is 17.7 Å². The number of ether oxygens (including phenoxy) is 2. The van der Waals surface area contributed by atoms with Crippen molar-refractivity contribution in [2.75, 3.05) is 7.11 Å². The minimum Gasteiger partial charge on any atom is -0.508 e. The Hall–Kier alpha value is -2.86. The maximum atomic E-state index is 10.9. The predicted octanol–water partition coefficient (Wildman–Crippen LogP) is 4.11. The maximum Gasteiger partial charge on any atom is 0.512 e. The largest absolute Gasteiger partial charge is 0.512 e. The van der Waals surface area contributed by atoms with E-state index in [1.807, 2.05) is 6.07 Å². The van der Waals surface area contributed by atoms with E-state index in [-0.39, 0.29) is 11.6 Å². The van der Waals surface area contributed by atoms with Crippen molar-refractivity contribution in [3.63, 3.8) is 0 Å². The van der Waals surface area contributed by atoms with Crippen LogP contribution >= 0.6 is 11.6 Å². The summed E-state index contributed by atoms with van der Waals surface area (Å²) >= 11 is 6.03. The molecule has 0 bridgehead atoms. The van der Waals surface area contributed by atoms with Gasteiger partial charge in [0.2, 0.25) is 5.88 Å². The molecule has 0 aliphatic rings. The third kappa shape index (κ3) is 3.09. The Morgan fingerprint density at radius 1 is 1.21 bits per heavy atom. The summed E-state index contributed by atoms with van der Waals surface area (Å²) in [5.41, 5.74) is 1.59. The Morgan fingerprint density at radius 2 is 2.00 bits per heavy atom. The fourth-order valence-corrected chi connectivity index (χ4v) is 2.75. The van der Waals surface area contributed by atoms with Crippen LogP contribution in [0, 0.1) is 0 Å². The Kier molecular flexibility index (Phi) is 4.22. The summed E-state index contributed by atoms with van der Waals surface area (Å²) in [6, 6.07) is 11.7. The van der Waals surface area contributed by atoms with Crippen LogP contribution in [-0.2, 0) is 6.54 Å². The Labute approximate surface area is 142 Å². The number of fused-ring (bicyclic) bond motifs is 1. The van der Waals surface area contributed by atoms with E-state index < -0.39 is 6.16 Å². The van der Waals surface area contributed by atoms with Gasteiger partial charge in [-0.3, -0.25) is 0 Å². The van der Waals surface area contributed by atoms with Crippen LogP contribution in [0.5, 0.6) is 17.4 Å². The van der Waals surface area contributed by atoms with Crippen molar-refractivity contribution in [2.24, 2.45) is 0 Å². The molecule has 3 aromatic rings. The zero-order valence-corrected chi connectivity index (χ0v) is 13.4. The van der Waals surface area contributed by atoms with Crippen molar-refractivity contribution in [1.29, 1.82) is 0 Å². The first-order chi connectivity index (χ1) is 11.5. The Balaban J connectivity index is 2.08. The molecule has 0 unspecified atom stereocenters. The first-order valence-corrected chi connectivity index (χ1v) is 7.41. The molecule has 2 aromatic carbocycles. The van der Waals surface area contributed by atoms with Gasteiger partial charge < -0.3 is 24.3 Å². The molecule has 0 aliphatic carbocycles. The zero-order chi connectivity index (χ0) is 17.3. The number of phenols is 1. The van der Waals surface area contributed by atoms with Crippen LogP contribution in [0.1, 0.15) is 5.56 Å². The fraction of sp³-hybridized carbons (Fsp3) is 0.118. The summed E-state index contributed by atoms with van der Waals surface area (Å²) in [5, 5.41) is 19.7. The quantitative estimate of drug-likeness (QED) is 0.694. The molecule has 2 N–H and O–H groups in total. The highest BCUT2D eigenvalue weighted by molar-refractivity contribution is 6.32. The molecule has 0 aliphatic heterocycles. The van der Waals surface area contributed by atoms with Gasteiger partial charge in [-0.25, -0.2) is 4.79 Å². The summed E-state index contributed by atoms with van der Waals surface area (Å²) < 4.78 is 11.8. The van der Waals surface area contributed by atoms with E-state index in [4.69, 9.17) is 26.2 Å². The number of benzene rings is 2. The molecule has 0 amide bonds. The molecule has 0 atom stereocenters. The van der Waals surface area contributed by atoms with Gasteiger partial charge in [0.05, 0.1) is 24.2 Å². The van der Waals surface area contributed by atoms with E-state index in [0.29, 0.717) is 22.7 Å². The molecule has 24 heavy (non-hydrogen) atoms. The number of aromatic nitrogens is 1. The number of hydrogen-bond acceptors (Lipinski definition) is 4. The number of nitrogens with zero attached hydrogens (tertiary/aromatic N) is 1. The molecule has 3 rings (SSSR count). The number of phenolic OH excluding ortho intramolecular Hbond substituents is 1. The number of rotatable bonds is 4. The van der Waals surface area contributed by atoms with Gasteiger partial charge in [0, 0.05) is 11.5 Å². The van der Waals surface area contributed by atoms with Gasteiger partial charge in [-0.15, -0.1) is 0 Å². The molecule has 7 heteroatoms. The normalized spacial score (nSPS) is 10.8. The average molecular weight is 348 g/mol. The van der Waals surface area contributed by atoms with Crippen LogP contribution in [0.15, 0.2) is 42.5 Å². The minimum atomic E-state index is -1.41.